The van der Waals surface area contributed by atoms with Crippen LogP contribution in [0.2, 0.25) is 0 Å². The van der Waals surface area contributed by atoms with Gasteiger partial charge in [-0.1, -0.05) is 36.4 Å². The van der Waals surface area contributed by atoms with Gasteiger partial charge in [0.2, 0.25) is 17.8 Å². The molecule has 0 unspecified atom stereocenters. The van der Waals surface area contributed by atoms with Gasteiger partial charge in [0.15, 0.2) is 0 Å². The van der Waals surface area contributed by atoms with E-state index in [9.17, 15) is 4.79 Å². The van der Waals surface area contributed by atoms with E-state index >= 15 is 0 Å². The molecule has 2 aliphatic rings. The Morgan fingerprint density at radius 1 is 0.833 bits per heavy atom. The lowest BCUT2D eigenvalue weighted by molar-refractivity contribution is -0.129. The fourth-order valence-corrected chi connectivity index (χ4v) is 4.12. The summed E-state index contributed by atoms with van der Waals surface area (Å²) in [5, 5.41) is 11.5. The van der Waals surface area contributed by atoms with E-state index in [4.69, 9.17) is 4.74 Å². The van der Waals surface area contributed by atoms with Crippen molar-refractivity contribution in [2.24, 2.45) is 10.2 Å². The number of morpholine rings is 1. The molecule has 11 heteroatoms. The van der Waals surface area contributed by atoms with Gasteiger partial charge in [-0.2, -0.15) is 20.1 Å². The molecule has 2 aliphatic heterocycles. The molecule has 0 spiro atoms. The number of nitrogens with zero attached hydrogens (tertiary/aromatic N) is 8. The highest BCUT2D eigenvalue weighted by atomic mass is 16.5. The standard InChI is InChI=1S/C25H29N9O2/c35-22(33-13-11-32(12-14-33)21-9-5-2-6-10-21)19-26-31-24-28-23(27-20-7-3-1-4-8-20)29-25(30-24)34-15-17-36-18-16-34/h1-10H,11-19H2,(H,27,28,29,30). The van der Waals surface area contributed by atoms with E-state index in [0.717, 1.165) is 18.8 Å². The molecule has 2 saturated heterocycles. The van der Waals surface area contributed by atoms with Gasteiger partial charge in [-0.05, 0) is 24.3 Å². The van der Waals surface area contributed by atoms with Crippen LogP contribution in [0.5, 0.6) is 0 Å². The van der Waals surface area contributed by atoms with Crippen LogP contribution in [0.25, 0.3) is 0 Å². The van der Waals surface area contributed by atoms with Crippen LogP contribution in [-0.4, -0.2) is 84.8 Å². The minimum atomic E-state index is -0.0587. The van der Waals surface area contributed by atoms with Crippen molar-refractivity contribution in [2.45, 2.75) is 0 Å². The van der Waals surface area contributed by atoms with Crippen LogP contribution in [0, 0.1) is 0 Å². The summed E-state index contributed by atoms with van der Waals surface area (Å²) < 4.78 is 5.44. The molecule has 36 heavy (non-hydrogen) atoms. The smallest absolute Gasteiger partial charge is 0.275 e. The molecule has 1 amide bonds. The zero-order chi connectivity index (χ0) is 24.6. The van der Waals surface area contributed by atoms with Crippen LogP contribution >= 0.6 is 0 Å². The van der Waals surface area contributed by atoms with Crippen molar-refractivity contribution in [1.29, 1.82) is 0 Å². The second-order valence-electron chi connectivity index (χ2n) is 8.45. The molecule has 5 rings (SSSR count). The predicted octanol–water partition coefficient (Wildman–Crippen LogP) is 2.88. The van der Waals surface area contributed by atoms with Crippen LogP contribution in [-0.2, 0) is 9.53 Å². The molecule has 0 aliphatic carbocycles. The Balaban J connectivity index is 1.23. The maximum atomic E-state index is 12.7. The third-order valence-corrected chi connectivity index (χ3v) is 6.06. The lowest BCUT2D eigenvalue weighted by atomic mass is 10.2. The lowest BCUT2D eigenvalue weighted by Crippen LogP contribution is -2.49. The highest BCUT2D eigenvalue weighted by molar-refractivity contribution is 5.78. The van der Waals surface area contributed by atoms with E-state index in [2.05, 4.69) is 47.5 Å². The average Bonchev–Trinajstić information content (AvgIpc) is 2.94. The fourth-order valence-electron chi connectivity index (χ4n) is 4.12. The number of ether oxygens (including phenoxy) is 1. The molecular formula is C25H29N9O2. The van der Waals surface area contributed by atoms with Gasteiger partial charge < -0.3 is 24.8 Å². The van der Waals surface area contributed by atoms with Crippen molar-refractivity contribution in [3.8, 4) is 0 Å². The Bertz CT molecular complexity index is 1160. The third-order valence-electron chi connectivity index (χ3n) is 6.06. The molecule has 2 aromatic carbocycles. The van der Waals surface area contributed by atoms with Crippen LogP contribution < -0.4 is 15.1 Å². The zero-order valence-electron chi connectivity index (χ0n) is 20.0. The van der Waals surface area contributed by atoms with Crippen molar-refractivity contribution in [2.75, 3.05) is 74.1 Å². The van der Waals surface area contributed by atoms with Crippen LogP contribution in [0.4, 0.5) is 29.2 Å². The Hall–Kier alpha value is -4.12. The summed E-state index contributed by atoms with van der Waals surface area (Å²) in [6.45, 7) is 5.41. The summed E-state index contributed by atoms with van der Waals surface area (Å²) in [7, 11) is 0. The first kappa shape index (κ1) is 23.6. The molecule has 1 aromatic heterocycles. The minimum absolute atomic E-state index is 0.0502. The van der Waals surface area contributed by atoms with Gasteiger partial charge in [0.1, 0.15) is 6.54 Å². The summed E-state index contributed by atoms with van der Waals surface area (Å²) in [4.78, 5) is 32.3. The first-order chi connectivity index (χ1) is 17.7. The Morgan fingerprint density at radius 2 is 1.53 bits per heavy atom. The molecule has 186 valence electrons. The Morgan fingerprint density at radius 3 is 2.25 bits per heavy atom. The summed E-state index contributed by atoms with van der Waals surface area (Å²) >= 11 is 0. The van der Waals surface area contributed by atoms with Gasteiger partial charge >= 0.3 is 0 Å². The van der Waals surface area contributed by atoms with Crippen molar-refractivity contribution in [3.63, 3.8) is 0 Å². The molecule has 0 atom stereocenters. The topological polar surface area (TPSA) is 111 Å². The molecule has 3 aromatic rings. The lowest BCUT2D eigenvalue weighted by Gasteiger charge is -2.35. The van der Waals surface area contributed by atoms with Gasteiger partial charge in [-0.15, -0.1) is 5.11 Å². The first-order valence-electron chi connectivity index (χ1n) is 12.1. The van der Waals surface area contributed by atoms with E-state index in [1.54, 1.807) is 0 Å². The van der Waals surface area contributed by atoms with Crippen LogP contribution in [0.15, 0.2) is 70.9 Å². The van der Waals surface area contributed by atoms with E-state index in [-0.39, 0.29) is 18.4 Å². The minimum Gasteiger partial charge on any atom is -0.378 e. The number of nitrogens with one attached hydrogen (secondary N) is 1. The van der Waals surface area contributed by atoms with Gasteiger partial charge in [0.25, 0.3) is 5.95 Å². The second-order valence-corrected chi connectivity index (χ2v) is 8.45. The Labute approximate surface area is 209 Å². The van der Waals surface area contributed by atoms with Crippen molar-refractivity contribution in [3.05, 3.63) is 60.7 Å². The maximum Gasteiger partial charge on any atom is 0.275 e. The van der Waals surface area contributed by atoms with Crippen molar-refractivity contribution < 1.29 is 9.53 Å². The number of azo groups is 1. The maximum absolute atomic E-state index is 12.7. The number of amides is 1. The zero-order valence-corrected chi connectivity index (χ0v) is 20.0. The summed E-state index contributed by atoms with van der Waals surface area (Å²) in [6.07, 6.45) is 0. The molecule has 0 radical (unpaired) electrons. The molecule has 2 fully saturated rings. The number of para-hydroxylation sites is 2. The molecule has 0 saturated carbocycles. The van der Waals surface area contributed by atoms with Crippen LogP contribution in [0.1, 0.15) is 0 Å². The normalized spacial score (nSPS) is 16.4. The molecular weight excluding hydrogens is 458 g/mol. The van der Waals surface area contributed by atoms with Crippen molar-refractivity contribution >= 4 is 35.1 Å². The second kappa shape index (κ2) is 11.5. The largest absolute Gasteiger partial charge is 0.378 e. The monoisotopic (exact) mass is 487 g/mol. The quantitative estimate of drug-likeness (QED) is 0.507. The summed E-state index contributed by atoms with van der Waals surface area (Å²) in [6, 6.07) is 19.9. The average molecular weight is 488 g/mol. The van der Waals surface area contributed by atoms with Crippen molar-refractivity contribution in [1.82, 2.24) is 19.9 Å². The fraction of sp³-hybridized carbons (Fsp3) is 0.360. The number of rotatable bonds is 7. The van der Waals surface area contributed by atoms with E-state index in [0.29, 0.717) is 51.3 Å². The molecule has 11 nitrogen and oxygen atoms in total. The first-order valence-corrected chi connectivity index (χ1v) is 12.1. The number of carbonyl (C=O) groups excluding carboxylic acids is 1. The molecule has 0 bridgehead atoms. The number of hydrogen-bond donors (Lipinski definition) is 1. The number of piperazine rings is 1. The number of benzene rings is 2. The van der Waals surface area contributed by atoms with Crippen LogP contribution in [0.3, 0.4) is 0 Å². The van der Waals surface area contributed by atoms with Gasteiger partial charge in [-0.25, -0.2) is 0 Å². The summed E-state index contributed by atoms with van der Waals surface area (Å²) in [5.41, 5.74) is 2.03. The summed E-state index contributed by atoms with van der Waals surface area (Å²) in [5.74, 6) is 0.974. The van der Waals surface area contributed by atoms with E-state index in [1.165, 1.54) is 5.69 Å². The van der Waals surface area contributed by atoms with Gasteiger partial charge in [0, 0.05) is 50.6 Å². The van der Waals surface area contributed by atoms with Gasteiger partial charge in [0.05, 0.1) is 13.2 Å². The van der Waals surface area contributed by atoms with E-state index in [1.807, 2.05) is 58.3 Å². The molecule has 3 heterocycles. The third kappa shape index (κ3) is 6.11. The Kier molecular flexibility index (Phi) is 7.57. The number of anilines is 4. The number of carbonyl (C=O) groups is 1. The number of aromatic nitrogens is 3. The molecule has 1 N–H and O–H groups in total. The van der Waals surface area contributed by atoms with Gasteiger partial charge in [-0.3, -0.25) is 4.79 Å². The highest BCUT2D eigenvalue weighted by Gasteiger charge is 2.21. The predicted molar refractivity (Wildman–Crippen MR) is 137 cm³/mol. The van der Waals surface area contributed by atoms with E-state index < -0.39 is 0 Å². The SMILES string of the molecule is O=C(CN=Nc1nc(Nc2ccccc2)nc(N2CCOCC2)n1)N1CCN(c2ccccc2)CC1. The number of hydrogen-bond acceptors (Lipinski definition) is 10. The highest BCUT2D eigenvalue weighted by Crippen LogP contribution is 2.20.